The summed E-state index contributed by atoms with van der Waals surface area (Å²) in [6.07, 6.45) is 6.88. The molecular weight excluding hydrogens is 633 g/mol. The monoisotopic (exact) mass is 691 g/mol. The summed E-state index contributed by atoms with van der Waals surface area (Å²) in [4.78, 5) is 53.0. The van der Waals surface area contributed by atoms with Gasteiger partial charge in [0.15, 0.2) is 5.78 Å². The predicted octanol–water partition coefficient (Wildman–Crippen LogP) is 9.16. The number of carbonyl (C=O) groups is 4. The normalized spacial score (nSPS) is 37.7. The number of carbonyl (C=O) groups excluding carboxylic acids is 3. The minimum Gasteiger partial charge on any atom is -0.481 e. The van der Waals surface area contributed by atoms with Gasteiger partial charge in [0.25, 0.3) is 0 Å². The zero-order valence-corrected chi connectivity index (χ0v) is 31.6. The van der Waals surface area contributed by atoms with E-state index in [-0.39, 0.29) is 69.9 Å². The fraction of sp³-hybridized carbons (Fsp3) is 0.714. The first-order valence-electron chi connectivity index (χ1n) is 18.9. The summed E-state index contributed by atoms with van der Waals surface area (Å²) in [6.45, 7) is 19.2. The number of benzene rings is 1. The SMILES string of the molecule is CC(C)C1=C2C3CCC4[C@@]5(C)CC[C@H](OC(=O)CC(C)(C)C(=O)O)C(C)(C)C5CC[C@@]4(C)[C@]3(C)CC[C@@]2(C(=O)Nc2ccc(F)cc2)CC1=O. The van der Waals surface area contributed by atoms with Crippen molar-refractivity contribution in [3.8, 4) is 0 Å². The number of anilines is 1. The summed E-state index contributed by atoms with van der Waals surface area (Å²) in [5.41, 5.74) is 0.0120. The number of carboxylic acid groups (broad SMARTS) is 1. The van der Waals surface area contributed by atoms with Gasteiger partial charge in [0.1, 0.15) is 11.9 Å². The molecule has 0 bridgehead atoms. The molecule has 0 aromatic heterocycles. The number of nitrogens with one attached hydrogen (secondary N) is 1. The Morgan fingerprint density at radius 3 is 2.20 bits per heavy atom. The molecule has 7 nitrogen and oxygen atoms in total. The molecule has 4 fully saturated rings. The van der Waals surface area contributed by atoms with Crippen LogP contribution in [-0.4, -0.2) is 34.8 Å². The van der Waals surface area contributed by atoms with Gasteiger partial charge in [0, 0.05) is 17.5 Å². The molecule has 50 heavy (non-hydrogen) atoms. The number of esters is 1. The maximum atomic E-state index is 14.4. The van der Waals surface area contributed by atoms with Crippen LogP contribution in [0, 0.1) is 62.0 Å². The number of halogens is 1. The first kappa shape index (κ1) is 36.8. The maximum Gasteiger partial charge on any atom is 0.309 e. The first-order valence-corrected chi connectivity index (χ1v) is 18.9. The molecule has 0 heterocycles. The summed E-state index contributed by atoms with van der Waals surface area (Å²) in [5, 5.41) is 12.7. The smallest absolute Gasteiger partial charge is 0.309 e. The van der Waals surface area contributed by atoms with Gasteiger partial charge < -0.3 is 15.2 Å². The van der Waals surface area contributed by atoms with Crippen LogP contribution in [0.2, 0.25) is 0 Å². The van der Waals surface area contributed by atoms with Crippen molar-refractivity contribution in [1.29, 1.82) is 0 Å². The Hall–Kier alpha value is -3.03. The van der Waals surface area contributed by atoms with Crippen LogP contribution in [0.4, 0.5) is 10.1 Å². The molecule has 0 radical (unpaired) electrons. The van der Waals surface area contributed by atoms with Crippen LogP contribution in [0.25, 0.3) is 0 Å². The van der Waals surface area contributed by atoms with E-state index < -0.39 is 22.8 Å². The van der Waals surface area contributed by atoms with Crippen LogP contribution in [0.3, 0.4) is 0 Å². The summed E-state index contributed by atoms with van der Waals surface area (Å²) < 4.78 is 19.8. The van der Waals surface area contributed by atoms with Crippen molar-refractivity contribution >= 4 is 29.3 Å². The van der Waals surface area contributed by atoms with Gasteiger partial charge in [-0.15, -0.1) is 0 Å². The lowest BCUT2D eigenvalue weighted by atomic mass is 9.33. The summed E-state index contributed by atoms with van der Waals surface area (Å²) in [5.74, 6) is -0.976. The number of amides is 1. The molecule has 1 amide bonds. The highest BCUT2D eigenvalue weighted by molar-refractivity contribution is 6.10. The Morgan fingerprint density at radius 1 is 0.920 bits per heavy atom. The van der Waals surface area contributed by atoms with Crippen molar-refractivity contribution in [3.05, 3.63) is 41.2 Å². The van der Waals surface area contributed by atoms with Crippen LogP contribution in [0.15, 0.2) is 35.4 Å². The lowest BCUT2D eigenvalue weighted by molar-refractivity contribution is -0.233. The molecular formula is C42H58FNO6. The van der Waals surface area contributed by atoms with E-state index in [1.807, 2.05) is 0 Å². The lowest BCUT2D eigenvalue weighted by Crippen LogP contribution is -2.66. The molecule has 274 valence electrons. The van der Waals surface area contributed by atoms with Gasteiger partial charge in [0.2, 0.25) is 5.91 Å². The topological polar surface area (TPSA) is 110 Å². The maximum absolute atomic E-state index is 14.4. The average molecular weight is 692 g/mol. The minimum absolute atomic E-state index is 0.0130. The highest BCUT2D eigenvalue weighted by Gasteiger charge is 2.71. The molecule has 5 aliphatic rings. The molecule has 1 aromatic carbocycles. The molecule has 5 aliphatic carbocycles. The van der Waals surface area contributed by atoms with Crippen LogP contribution in [-0.2, 0) is 23.9 Å². The largest absolute Gasteiger partial charge is 0.481 e. The fourth-order valence-corrected chi connectivity index (χ4v) is 12.5. The molecule has 0 spiro atoms. The second-order valence-corrected chi connectivity index (χ2v) is 18.9. The van der Waals surface area contributed by atoms with E-state index >= 15 is 0 Å². The standard InChI is InChI=1S/C42H58FNO6/c1-24(2)33-28(45)22-42(35(47)44-26-12-10-25(43)11-13-26)21-20-40(8)27(34(33)42)14-15-30-39(7)18-17-31(50-32(46)23-37(3,4)36(48)49)38(5,6)29(39)16-19-41(30,40)9/h10-13,24,27,29-31H,14-23H2,1-9H3,(H,44,47)(H,48,49)/t27?,29?,30?,31-,39-,40+,41+,42+/m0/s1. The molecule has 4 saturated carbocycles. The van der Waals surface area contributed by atoms with Crippen LogP contribution >= 0.6 is 0 Å². The first-order chi connectivity index (χ1) is 23.1. The molecule has 0 aliphatic heterocycles. The van der Waals surface area contributed by atoms with Gasteiger partial charge >= 0.3 is 11.9 Å². The summed E-state index contributed by atoms with van der Waals surface area (Å²) in [7, 11) is 0. The number of carboxylic acids is 1. The number of ether oxygens (including phenoxy) is 1. The van der Waals surface area contributed by atoms with E-state index in [0.717, 1.165) is 56.1 Å². The van der Waals surface area contributed by atoms with Gasteiger partial charge in [-0.05, 0) is 141 Å². The molecule has 8 heteroatoms. The third kappa shape index (κ3) is 5.31. The second-order valence-electron chi connectivity index (χ2n) is 18.9. The lowest BCUT2D eigenvalue weighted by Gasteiger charge is -2.72. The number of aliphatic carboxylic acids is 1. The van der Waals surface area contributed by atoms with Gasteiger partial charge in [0.05, 0.1) is 17.3 Å². The Bertz CT molecular complexity index is 1630. The Kier molecular flexibility index (Phi) is 8.83. The third-order valence-corrected chi connectivity index (χ3v) is 15.3. The molecule has 8 atom stereocenters. The fourth-order valence-electron chi connectivity index (χ4n) is 12.5. The predicted molar refractivity (Wildman–Crippen MR) is 190 cm³/mol. The van der Waals surface area contributed by atoms with E-state index in [1.165, 1.54) is 12.1 Å². The molecule has 0 saturated heterocycles. The van der Waals surface area contributed by atoms with Crippen LogP contribution in [0.5, 0.6) is 0 Å². The van der Waals surface area contributed by atoms with Gasteiger partial charge in [-0.1, -0.05) is 48.5 Å². The van der Waals surface area contributed by atoms with Crippen molar-refractivity contribution < 1.29 is 33.4 Å². The number of fused-ring (bicyclic) bond motifs is 7. The minimum atomic E-state index is -1.18. The van der Waals surface area contributed by atoms with E-state index in [4.69, 9.17) is 4.74 Å². The van der Waals surface area contributed by atoms with Crippen molar-refractivity contribution in [3.63, 3.8) is 0 Å². The average Bonchev–Trinajstić information content (AvgIpc) is 3.33. The summed E-state index contributed by atoms with van der Waals surface area (Å²) in [6, 6.07) is 5.86. The van der Waals surface area contributed by atoms with E-state index in [2.05, 4.69) is 53.8 Å². The molecule has 6 rings (SSSR count). The van der Waals surface area contributed by atoms with Crippen molar-refractivity contribution in [1.82, 2.24) is 0 Å². The molecule has 1 aromatic rings. The Morgan fingerprint density at radius 2 is 1.58 bits per heavy atom. The highest BCUT2D eigenvalue weighted by Crippen LogP contribution is 2.76. The second kappa shape index (κ2) is 12.0. The van der Waals surface area contributed by atoms with Crippen LogP contribution < -0.4 is 5.32 Å². The van der Waals surface area contributed by atoms with Crippen molar-refractivity contribution in [2.75, 3.05) is 5.32 Å². The number of allylic oxidation sites excluding steroid dienone is 1. The zero-order valence-electron chi connectivity index (χ0n) is 31.6. The number of rotatable bonds is 7. The van der Waals surface area contributed by atoms with E-state index in [1.54, 1.807) is 26.0 Å². The third-order valence-electron chi connectivity index (χ3n) is 15.3. The number of ketones is 1. The number of hydrogen-bond acceptors (Lipinski definition) is 5. The quantitative estimate of drug-likeness (QED) is 0.276. The van der Waals surface area contributed by atoms with Crippen molar-refractivity contribution in [2.45, 2.75) is 133 Å². The van der Waals surface area contributed by atoms with Gasteiger partial charge in [-0.25, -0.2) is 4.39 Å². The number of Topliss-reactive ketones (excluding diaryl/α,β-unsaturated/α-hetero) is 1. The van der Waals surface area contributed by atoms with E-state index in [9.17, 15) is 28.7 Å². The summed E-state index contributed by atoms with van der Waals surface area (Å²) >= 11 is 0. The Labute approximate surface area is 297 Å². The molecule has 2 N–H and O–H groups in total. The Balaban J connectivity index is 1.30. The highest BCUT2D eigenvalue weighted by atomic mass is 19.1. The van der Waals surface area contributed by atoms with Crippen LogP contribution in [0.1, 0.15) is 127 Å². The van der Waals surface area contributed by atoms with Crippen molar-refractivity contribution in [2.24, 2.45) is 56.2 Å². The zero-order chi connectivity index (χ0) is 36.8. The van der Waals surface area contributed by atoms with Gasteiger partial charge in [-0.3, -0.25) is 19.2 Å². The van der Waals surface area contributed by atoms with Gasteiger partial charge in [-0.2, -0.15) is 0 Å². The molecule has 3 unspecified atom stereocenters. The number of hydrogen-bond donors (Lipinski definition) is 2. The van der Waals surface area contributed by atoms with E-state index in [0.29, 0.717) is 23.9 Å².